The molecule has 0 saturated carbocycles. The van der Waals surface area contributed by atoms with Gasteiger partial charge in [0.25, 0.3) is 0 Å². The van der Waals surface area contributed by atoms with Crippen LogP contribution in [0.25, 0.3) is 0 Å². The highest BCUT2D eigenvalue weighted by atomic mass is 35.5. The maximum Gasteiger partial charge on any atom is 0.142 e. The standard InChI is InChI=1S/C12H15ClFNO/c1-2-15-6-5-11(16)12(15)8-3-4-9(13)10(14)7-8/h3-4,7,11-12,16H,2,5-6H2,1H3. The van der Waals surface area contributed by atoms with Crippen LogP contribution in [0, 0.1) is 5.82 Å². The maximum atomic E-state index is 13.4. The number of aliphatic hydroxyl groups excluding tert-OH is 1. The van der Waals surface area contributed by atoms with Crippen molar-refractivity contribution in [1.29, 1.82) is 0 Å². The van der Waals surface area contributed by atoms with Gasteiger partial charge < -0.3 is 5.11 Å². The summed E-state index contributed by atoms with van der Waals surface area (Å²) in [6, 6.07) is 4.65. The summed E-state index contributed by atoms with van der Waals surface area (Å²) in [7, 11) is 0. The van der Waals surface area contributed by atoms with Crippen LogP contribution in [-0.2, 0) is 0 Å². The Kier molecular flexibility index (Phi) is 3.47. The third-order valence-corrected chi connectivity index (χ3v) is 3.47. The zero-order chi connectivity index (χ0) is 11.7. The van der Waals surface area contributed by atoms with Gasteiger partial charge in [0.15, 0.2) is 0 Å². The summed E-state index contributed by atoms with van der Waals surface area (Å²) < 4.78 is 13.4. The van der Waals surface area contributed by atoms with Crippen LogP contribution >= 0.6 is 11.6 Å². The Morgan fingerprint density at radius 2 is 2.31 bits per heavy atom. The van der Waals surface area contributed by atoms with Gasteiger partial charge in [0.05, 0.1) is 17.2 Å². The molecule has 0 radical (unpaired) electrons. The molecule has 2 nitrogen and oxygen atoms in total. The van der Waals surface area contributed by atoms with Gasteiger partial charge >= 0.3 is 0 Å². The first-order valence-electron chi connectivity index (χ1n) is 5.50. The normalized spacial score (nSPS) is 26.2. The van der Waals surface area contributed by atoms with Crippen molar-refractivity contribution in [3.05, 3.63) is 34.6 Å². The fraction of sp³-hybridized carbons (Fsp3) is 0.500. The van der Waals surface area contributed by atoms with E-state index in [0.29, 0.717) is 0 Å². The third-order valence-electron chi connectivity index (χ3n) is 3.16. The lowest BCUT2D eigenvalue weighted by Gasteiger charge is -2.25. The predicted molar refractivity (Wildman–Crippen MR) is 62.0 cm³/mol. The monoisotopic (exact) mass is 243 g/mol. The molecule has 1 N–H and O–H groups in total. The Morgan fingerprint density at radius 3 is 2.94 bits per heavy atom. The van der Waals surface area contributed by atoms with Crippen molar-refractivity contribution < 1.29 is 9.50 Å². The van der Waals surface area contributed by atoms with Crippen molar-refractivity contribution in [1.82, 2.24) is 4.90 Å². The van der Waals surface area contributed by atoms with Crippen molar-refractivity contribution in [3.63, 3.8) is 0 Å². The van der Waals surface area contributed by atoms with Gasteiger partial charge in [-0.3, -0.25) is 4.90 Å². The van der Waals surface area contributed by atoms with Crippen molar-refractivity contribution in [2.75, 3.05) is 13.1 Å². The average molecular weight is 244 g/mol. The lowest BCUT2D eigenvalue weighted by Crippen LogP contribution is -2.27. The molecule has 2 rings (SSSR count). The first-order valence-corrected chi connectivity index (χ1v) is 5.88. The van der Waals surface area contributed by atoms with Crippen LogP contribution in [0.15, 0.2) is 18.2 Å². The molecule has 1 aromatic carbocycles. The molecule has 1 aliphatic rings. The van der Waals surface area contributed by atoms with E-state index in [1.165, 1.54) is 6.07 Å². The van der Waals surface area contributed by atoms with Crippen LogP contribution in [0.2, 0.25) is 5.02 Å². The van der Waals surface area contributed by atoms with Crippen LogP contribution in [0.5, 0.6) is 0 Å². The van der Waals surface area contributed by atoms with E-state index >= 15 is 0 Å². The molecule has 0 aliphatic carbocycles. The van der Waals surface area contributed by atoms with Gasteiger partial charge in [0.1, 0.15) is 5.82 Å². The second-order valence-electron chi connectivity index (χ2n) is 4.10. The Labute approximate surface area is 99.6 Å². The molecule has 0 spiro atoms. The number of nitrogens with zero attached hydrogens (tertiary/aromatic N) is 1. The van der Waals surface area contributed by atoms with E-state index in [1.54, 1.807) is 12.1 Å². The SMILES string of the molecule is CCN1CCC(O)C1c1ccc(Cl)c(F)c1. The molecule has 1 fully saturated rings. The lowest BCUT2D eigenvalue weighted by atomic mass is 10.0. The van der Waals surface area contributed by atoms with E-state index in [0.717, 1.165) is 25.1 Å². The molecule has 0 aromatic heterocycles. The molecule has 2 atom stereocenters. The fourth-order valence-electron chi connectivity index (χ4n) is 2.32. The summed E-state index contributed by atoms with van der Waals surface area (Å²) in [4.78, 5) is 2.15. The zero-order valence-corrected chi connectivity index (χ0v) is 9.91. The maximum absolute atomic E-state index is 13.4. The first kappa shape index (κ1) is 11.8. The lowest BCUT2D eigenvalue weighted by molar-refractivity contribution is 0.119. The minimum atomic E-state index is -0.422. The minimum Gasteiger partial charge on any atom is -0.391 e. The summed E-state index contributed by atoms with van der Waals surface area (Å²) in [6.45, 7) is 3.75. The number of hydrogen-bond acceptors (Lipinski definition) is 2. The number of likely N-dealkylation sites (tertiary alicyclic amines) is 1. The smallest absolute Gasteiger partial charge is 0.142 e. The molecule has 2 unspecified atom stereocenters. The Bertz CT molecular complexity index is 385. The molecule has 16 heavy (non-hydrogen) atoms. The number of halogens is 2. The number of rotatable bonds is 2. The summed E-state index contributed by atoms with van der Waals surface area (Å²) in [6.07, 6.45) is 0.323. The highest BCUT2D eigenvalue weighted by molar-refractivity contribution is 6.30. The van der Waals surface area contributed by atoms with E-state index in [9.17, 15) is 9.50 Å². The number of aliphatic hydroxyl groups is 1. The van der Waals surface area contributed by atoms with Crippen molar-refractivity contribution in [2.45, 2.75) is 25.5 Å². The van der Waals surface area contributed by atoms with Gasteiger partial charge in [-0.1, -0.05) is 24.6 Å². The molecule has 0 amide bonds. The van der Waals surface area contributed by atoms with Crippen LogP contribution in [-0.4, -0.2) is 29.2 Å². The van der Waals surface area contributed by atoms with E-state index in [1.807, 2.05) is 6.92 Å². The van der Waals surface area contributed by atoms with Gasteiger partial charge in [-0.15, -0.1) is 0 Å². The minimum absolute atomic E-state index is 0.100. The number of likely N-dealkylation sites (N-methyl/N-ethyl adjacent to an activating group) is 1. The topological polar surface area (TPSA) is 23.5 Å². The average Bonchev–Trinajstić information content (AvgIpc) is 2.64. The molecule has 1 aromatic rings. The Hall–Kier alpha value is -0.640. The van der Waals surface area contributed by atoms with Crippen LogP contribution in [0.4, 0.5) is 4.39 Å². The van der Waals surface area contributed by atoms with Gasteiger partial charge in [0, 0.05) is 6.54 Å². The largest absolute Gasteiger partial charge is 0.391 e. The van der Waals surface area contributed by atoms with Gasteiger partial charge in [-0.25, -0.2) is 4.39 Å². The highest BCUT2D eigenvalue weighted by Gasteiger charge is 2.33. The first-order chi connectivity index (χ1) is 7.63. The molecular weight excluding hydrogens is 229 g/mol. The Morgan fingerprint density at radius 1 is 1.56 bits per heavy atom. The summed E-state index contributed by atoms with van der Waals surface area (Å²) in [5.74, 6) is -0.422. The molecule has 1 saturated heterocycles. The van der Waals surface area contributed by atoms with Crippen LogP contribution in [0.3, 0.4) is 0 Å². The molecule has 88 valence electrons. The highest BCUT2D eigenvalue weighted by Crippen LogP contribution is 2.33. The fourth-order valence-corrected chi connectivity index (χ4v) is 2.44. The van der Waals surface area contributed by atoms with Crippen molar-refractivity contribution in [3.8, 4) is 0 Å². The quantitative estimate of drug-likeness (QED) is 0.863. The molecule has 1 aliphatic heterocycles. The summed E-state index contributed by atoms with van der Waals surface area (Å²) >= 11 is 5.64. The van der Waals surface area contributed by atoms with Gasteiger partial charge in [-0.2, -0.15) is 0 Å². The van der Waals surface area contributed by atoms with Crippen molar-refractivity contribution >= 4 is 11.6 Å². The third kappa shape index (κ3) is 2.08. The van der Waals surface area contributed by atoms with Crippen LogP contribution in [0.1, 0.15) is 24.9 Å². The second kappa shape index (κ2) is 4.70. The molecule has 0 bridgehead atoms. The second-order valence-corrected chi connectivity index (χ2v) is 4.51. The van der Waals surface area contributed by atoms with E-state index < -0.39 is 11.9 Å². The van der Waals surface area contributed by atoms with E-state index in [-0.39, 0.29) is 11.1 Å². The Balaban J connectivity index is 2.31. The van der Waals surface area contributed by atoms with Crippen LogP contribution < -0.4 is 0 Å². The number of benzene rings is 1. The number of hydrogen-bond donors (Lipinski definition) is 1. The van der Waals surface area contributed by atoms with Crippen molar-refractivity contribution in [2.24, 2.45) is 0 Å². The molecule has 4 heteroatoms. The van der Waals surface area contributed by atoms with E-state index in [4.69, 9.17) is 11.6 Å². The predicted octanol–water partition coefficient (Wildman–Crippen LogP) is 2.61. The summed E-state index contributed by atoms with van der Waals surface area (Å²) in [5.41, 5.74) is 0.800. The summed E-state index contributed by atoms with van der Waals surface area (Å²) in [5, 5.41) is 10.0. The van der Waals surface area contributed by atoms with Gasteiger partial charge in [0.2, 0.25) is 0 Å². The molecular formula is C12H15ClFNO. The van der Waals surface area contributed by atoms with Gasteiger partial charge in [-0.05, 0) is 30.7 Å². The molecule has 1 heterocycles. The van der Waals surface area contributed by atoms with E-state index in [2.05, 4.69) is 4.90 Å². The zero-order valence-electron chi connectivity index (χ0n) is 9.16.